The van der Waals surface area contributed by atoms with Gasteiger partial charge in [0.25, 0.3) is 7.37 Å². The molecule has 0 saturated heterocycles. The van der Waals surface area contributed by atoms with E-state index in [1.807, 2.05) is 0 Å². The third-order valence-electron chi connectivity index (χ3n) is 1.38. The molecule has 0 saturated carbocycles. The van der Waals surface area contributed by atoms with Crippen LogP contribution in [0.15, 0.2) is 0 Å². The molecule has 0 amide bonds. The van der Waals surface area contributed by atoms with Gasteiger partial charge in [-0.15, -0.1) is 0 Å². The van der Waals surface area contributed by atoms with E-state index in [1.54, 1.807) is 0 Å². The molecule has 2 atom stereocenters. The van der Waals surface area contributed by atoms with Gasteiger partial charge in [0, 0.05) is 0 Å². The molecule has 0 spiro atoms. The van der Waals surface area contributed by atoms with Gasteiger partial charge in [0.15, 0.2) is 5.95 Å². The maximum atomic E-state index is 12.1. The quantitative estimate of drug-likeness (QED) is 0.329. The van der Waals surface area contributed by atoms with E-state index >= 15 is 0 Å². The van der Waals surface area contributed by atoms with Crippen LogP contribution in [0.5, 0.6) is 0 Å². The van der Waals surface area contributed by atoms with Gasteiger partial charge in [-0.1, -0.05) is 95.6 Å². The molecule has 0 aromatic carbocycles. The molecule has 0 aromatic heterocycles. The highest BCUT2D eigenvalue weighted by atomic mass is 79.9. The molecule has 11 heteroatoms. The lowest BCUT2D eigenvalue weighted by molar-refractivity contribution is 0.260. The second kappa shape index (κ2) is 5.96. The molecular formula is C4H5Br6O4P. The number of alkyl halides is 6. The first-order valence-corrected chi connectivity index (χ1v) is 9.78. The Kier molecular flexibility index (Phi) is 7.15. The van der Waals surface area contributed by atoms with Gasteiger partial charge in [0.1, 0.15) is 10.0 Å². The molecule has 0 aromatic rings. The molecule has 0 aliphatic heterocycles. The minimum Gasteiger partial charge on any atom is -0.379 e. The van der Waals surface area contributed by atoms with E-state index < -0.39 is 23.3 Å². The van der Waals surface area contributed by atoms with Crippen LogP contribution in [0.25, 0.3) is 0 Å². The van der Waals surface area contributed by atoms with Crippen LogP contribution in [-0.4, -0.2) is 31.1 Å². The van der Waals surface area contributed by atoms with Crippen molar-refractivity contribution in [2.75, 3.05) is 0 Å². The summed E-state index contributed by atoms with van der Waals surface area (Å²) in [6, 6.07) is 0. The lowest BCUT2D eigenvalue weighted by Gasteiger charge is -2.36. The normalized spacial score (nSPS) is 21.9. The molecule has 0 aliphatic carbocycles. The molecule has 4 nitrogen and oxygen atoms in total. The number of aliphatic hydroxyl groups excluding tert-OH is 2. The van der Waals surface area contributed by atoms with E-state index in [0.29, 0.717) is 0 Å². The summed E-state index contributed by atoms with van der Waals surface area (Å²) < 4.78 is 8.70. The van der Waals surface area contributed by atoms with Gasteiger partial charge in [-0.3, -0.25) is 4.57 Å². The van der Waals surface area contributed by atoms with Gasteiger partial charge in [-0.2, -0.15) is 0 Å². The zero-order valence-corrected chi connectivity index (χ0v) is 17.0. The van der Waals surface area contributed by atoms with Crippen molar-refractivity contribution in [2.45, 2.75) is 16.0 Å². The van der Waals surface area contributed by atoms with Gasteiger partial charge >= 0.3 is 0 Å². The Bertz CT molecular complexity index is 254. The Labute approximate surface area is 137 Å². The second-order valence-corrected chi connectivity index (χ2v) is 16.3. The van der Waals surface area contributed by atoms with E-state index in [0.717, 1.165) is 0 Å². The Balaban J connectivity index is 5.42. The van der Waals surface area contributed by atoms with Gasteiger partial charge in [-0.25, -0.2) is 0 Å². The fourth-order valence-corrected chi connectivity index (χ4v) is 9.34. The zero-order valence-electron chi connectivity index (χ0n) is 6.62. The predicted molar refractivity (Wildman–Crippen MR) is 80.9 cm³/mol. The molecule has 0 aliphatic rings. The first kappa shape index (κ1) is 18.0. The SMILES string of the molecule is O=P(O)(C(Br)(Br)C(O)Br)C(Br)(Br)C(O)Br. The van der Waals surface area contributed by atoms with E-state index in [1.165, 1.54) is 0 Å². The van der Waals surface area contributed by atoms with Crippen LogP contribution in [-0.2, 0) is 4.57 Å². The molecule has 15 heavy (non-hydrogen) atoms. The van der Waals surface area contributed by atoms with Crippen molar-refractivity contribution < 1.29 is 19.7 Å². The number of halogens is 6. The van der Waals surface area contributed by atoms with E-state index in [9.17, 15) is 19.7 Å². The summed E-state index contributed by atoms with van der Waals surface area (Å²) in [5, 5.41) is 15.9. The van der Waals surface area contributed by atoms with Crippen LogP contribution in [0.2, 0.25) is 0 Å². The van der Waals surface area contributed by atoms with Crippen molar-refractivity contribution in [1.82, 2.24) is 0 Å². The zero-order chi connectivity index (χ0) is 12.7. The summed E-state index contributed by atoms with van der Waals surface area (Å²) in [5.41, 5.74) is 0. The van der Waals surface area contributed by atoms with Crippen LogP contribution < -0.4 is 0 Å². The van der Waals surface area contributed by atoms with Gasteiger partial charge < -0.3 is 15.1 Å². The number of aliphatic hydroxyl groups is 2. The van der Waals surface area contributed by atoms with Crippen LogP contribution in [0.3, 0.4) is 0 Å². The highest BCUT2D eigenvalue weighted by molar-refractivity contribution is 9.30. The molecule has 3 N–H and O–H groups in total. The highest BCUT2D eigenvalue weighted by Crippen LogP contribution is 2.76. The molecule has 92 valence electrons. The lowest BCUT2D eigenvalue weighted by atomic mass is 10.8. The van der Waals surface area contributed by atoms with Gasteiger partial charge in [0.2, 0.25) is 0 Å². The first-order valence-electron chi connectivity index (χ1n) is 3.12. The van der Waals surface area contributed by atoms with Crippen molar-refractivity contribution in [3.63, 3.8) is 0 Å². The summed E-state index contributed by atoms with van der Waals surface area (Å²) >= 11 is 17.1. The molecular weight excluding hydrogens is 622 g/mol. The summed E-state index contributed by atoms with van der Waals surface area (Å²) in [4.78, 5) is 9.90. The molecule has 2 unspecified atom stereocenters. The summed E-state index contributed by atoms with van der Waals surface area (Å²) in [6.45, 7) is 0. The molecule has 0 fully saturated rings. The summed E-state index contributed by atoms with van der Waals surface area (Å²) in [5.74, 6) is 0. The van der Waals surface area contributed by atoms with Crippen LogP contribution >= 0.6 is 103 Å². The van der Waals surface area contributed by atoms with Crippen LogP contribution in [0.4, 0.5) is 0 Å². The van der Waals surface area contributed by atoms with E-state index in [4.69, 9.17) is 0 Å². The smallest absolute Gasteiger partial charge is 0.260 e. The monoisotopic (exact) mass is 622 g/mol. The highest BCUT2D eigenvalue weighted by Gasteiger charge is 2.61. The first-order chi connectivity index (χ1) is 6.39. The summed E-state index contributed by atoms with van der Waals surface area (Å²) in [6.07, 6.45) is 0. The standard InChI is InChI=1S/C4H5Br6O4P/c5-1(11)3(7,8)15(13,14)4(9,10)2(6)12/h1-2,11-12H,(H,13,14). The Morgan fingerprint density at radius 2 is 1.13 bits per heavy atom. The Morgan fingerprint density at radius 1 is 0.933 bits per heavy atom. The topological polar surface area (TPSA) is 77.8 Å². The minimum atomic E-state index is -4.14. The van der Waals surface area contributed by atoms with E-state index in [2.05, 4.69) is 95.6 Å². The predicted octanol–water partition coefficient (Wildman–Crippen LogP) is 3.57. The lowest BCUT2D eigenvalue weighted by Crippen LogP contribution is -2.36. The largest absolute Gasteiger partial charge is 0.379 e. The fourth-order valence-electron chi connectivity index (χ4n) is 0.488. The maximum Gasteiger partial charge on any atom is 0.260 e. The molecule has 0 radical (unpaired) electrons. The molecule has 0 bridgehead atoms. The van der Waals surface area contributed by atoms with Crippen molar-refractivity contribution in [3.8, 4) is 0 Å². The van der Waals surface area contributed by atoms with E-state index in [-0.39, 0.29) is 0 Å². The number of hydrogen-bond donors (Lipinski definition) is 3. The van der Waals surface area contributed by atoms with Crippen molar-refractivity contribution in [2.24, 2.45) is 0 Å². The van der Waals surface area contributed by atoms with Crippen LogP contribution in [0, 0.1) is 0 Å². The fraction of sp³-hybridized carbons (Fsp3) is 1.00. The van der Waals surface area contributed by atoms with Crippen LogP contribution in [0.1, 0.15) is 0 Å². The third kappa shape index (κ3) is 3.51. The molecule has 0 heterocycles. The number of hydrogen-bond acceptors (Lipinski definition) is 3. The van der Waals surface area contributed by atoms with Gasteiger partial charge in [-0.05, 0) is 0 Å². The van der Waals surface area contributed by atoms with Crippen molar-refractivity contribution >= 4 is 103 Å². The van der Waals surface area contributed by atoms with Gasteiger partial charge in [0.05, 0.1) is 0 Å². The average molecular weight is 627 g/mol. The maximum absolute atomic E-state index is 12.1. The minimum absolute atomic E-state index is 1.35. The average Bonchev–Trinajstić information content (AvgIpc) is 2.02. The summed E-state index contributed by atoms with van der Waals surface area (Å²) in [7, 11) is -4.14. The Morgan fingerprint density at radius 3 is 1.27 bits per heavy atom. The van der Waals surface area contributed by atoms with Crippen molar-refractivity contribution in [3.05, 3.63) is 0 Å². The molecule has 0 rings (SSSR count). The number of rotatable bonds is 4. The second-order valence-electron chi connectivity index (χ2n) is 2.42. The Hall–Kier alpha value is 2.99. The van der Waals surface area contributed by atoms with Crippen molar-refractivity contribution in [1.29, 1.82) is 0 Å². The third-order valence-corrected chi connectivity index (χ3v) is 15.5.